The van der Waals surface area contributed by atoms with Gasteiger partial charge < -0.3 is 20.1 Å². The van der Waals surface area contributed by atoms with Gasteiger partial charge in [-0.15, -0.1) is 0 Å². The van der Waals surface area contributed by atoms with Crippen LogP contribution in [0, 0.1) is 0 Å². The molecule has 1 fully saturated rings. The molecule has 0 saturated carbocycles. The predicted molar refractivity (Wildman–Crippen MR) is 88.6 cm³/mol. The number of carbonyl (C=O) groups is 3. The highest BCUT2D eigenvalue weighted by Gasteiger charge is 2.29. The number of rotatable bonds is 4. The molecule has 1 radical (unpaired) electrons. The van der Waals surface area contributed by atoms with Crippen molar-refractivity contribution < 1.29 is 19.4 Å². The molecule has 2 heterocycles. The Morgan fingerprint density at radius 1 is 1.42 bits per heavy atom. The van der Waals surface area contributed by atoms with E-state index in [2.05, 4.69) is 5.32 Å². The van der Waals surface area contributed by atoms with Crippen LogP contribution in [0.15, 0.2) is 18.2 Å². The van der Waals surface area contributed by atoms with Gasteiger partial charge in [0.15, 0.2) is 0 Å². The largest absolute Gasteiger partial charge is 0.452 e. The van der Waals surface area contributed by atoms with Gasteiger partial charge in [0, 0.05) is 30.8 Å². The number of anilines is 1. The van der Waals surface area contributed by atoms with Crippen LogP contribution in [0.5, 0.6) is 0 Å². The third kappa shape index (κ3) is 3.01. The van der Waals surface area contributed by atoms with Crippen molar-refractivity contribution in [3.8, 4) is 0 Å². The number of nitrogens with one attached hydrogen (secondary N) is 1. The van der Waals surface area contributed by atoms with Gasteiger partial charge in [0.25, 0.3) is 5.91 Å². The molecule has 125 valence electrons. The Morgan fingerprint density at radius 3 is 2.96 bits per heavy atom. The summed E-state index contributed by atoms with van der Waals surface area (Å²) >= 11 is 0. The van der Waals surface area contributed by atoms with Crippen molar-refractivity contribution in [2.75, 3.05) is 25.0 Å². The first kappa shape index (κ1) is 16.5. The van der Waals surface area contributed by atoms with E-state index in [1.807, 2.05) is 0 Å². The minimum absolute atomic E-state index is 0.00179. The van der Waals surface area contributed by atoms with Crippen LogP contribution < -0.4 is 10.2 Å². The predicted octanol–water partition coefficient (Wildman–Crippen LogP) is -0.505. The summed E-state index contributed by atoms with van der Waals surface area (Å²) in [6.45, 7) is 0.469. The SMILES string of the molecule is CN1C(=O)Cc2ccc(C(=O)NCC(=O)N3CCC[C@H]3[B]O)cc21. The first-order valence-corrected chi connectivity index (χ1v) is 7.96. The molecule has 3 rings (SSSR count). The zero-order valence-corrected chi connectivity index (χ0v) is 13.5. The maximum atomic E-state index is 12.3. The van der Waals surface area contributed by atoms with E-state index in [1.54, 1.807) is 30.1 Å². The smallest absolute Gasteiger partial charge is 0.312 e. The van der Waals surface area contributed by atoms with Crippen molar-refractivity contribution in [1.82, 2.24) is 10.2 Å². The summed E-state index contributed by atoms with van der Waals surface area (Å²) in [4.78, 5) is 39.2. The highest BCUT2D eigenvalue weighted by atomic mass is 16.2. The standard InChI is InChI=1S/C16H19BN3O4/c1-19-12-7-11(5-4-10(12)8-14(19)21)16(23)18-9-15(22)20-6-2-3-13(20)17-24/h4-5,7,13,24H,2-3,6,8-9H2,1H3,(H,18,23)/t13-/m0/s1. The summed E-state index contributed by atoms with van der Waals surface area (Å²) in [6.07, 6.45) is 1.92. The monoisotopic (exact) mass is 328 g/mol. The first-order valence-electron chi connectivity index (χ1n) is 7.96. The average Bonchev–Trinajstić information content (AvgIpc) is 3.17. The first-order chi connectivity index (χ1) is 11.5. The van der Waals surface area contributed by atoms with Crippen LogP contribution in [-0.2, 0) is 16.0 Å². The second-order valence-electron chi connectivity index (χ2n) is 6.10. The van der Waals surface area contributed by atoms with Gasteiger partial charge in [0.05, 0.1) is 13.0 Å². The molecule has 0 aliphatic carbocycles. The number of hydrogen-bond acceptors (Lipinski definition) is 4. The molecule has 0 aromatic heterocycles. The lowest BCUT2D eigenvalue weighted by atomic mass is 9.86. The van der Waals surface area contributed by atoms with Gasteiger partial charge in [0.2, 0.25) is 11.8 Å². The molecule has 8 heteroatoms. The van der Waals surface area contributed by atoms with Gasteiger partial charge in [0.1, 0.15) is 0 Å². The van der Waals surface area contributed by atoms with Crippen LogP contribution in [0.1, 0.15) is 28.8 Å². The quantitative estimate of drug-likeness (QED) is 0.729. The molecule has 0 unspecified atom stereocenters. The molecular weight excluding hydrogens is 309 g/mol. The van der Waals surface area contributed by atoms with Crippen LogP contribution in [0.25, 0.3) is 0 Å². The molecule has 1 saturated heterocycles. The van der Waals surface area contributed by atoms with E-state index in [0.29, 0.717) is 18.5 Å². The summed E-state index contributed by atoms with van der Waals surface area (Å²) in [5.41, 5.74) is 2.04. The minimum atomic E-state index is -0.359. The molecule has 1 atom stereocenters. The molecule has 2 N–H and O–H groups in total. The van der Waals surface area contributed by atoms with Crippen molar-refractivity contribution in [3.63, 3.8) is 0 Å². The van der Waals surface area contributed by atoms with Crippen molar-refractivity contribution in [3.05, 3.63) is 29.3 Å². The number of amides is 3. The van der Waals surface area contributed by atoms with Crippen LogP contribution in [0.4, 0.5) is 5.69 Å². The average molecular weight is 328 g/mol. The van der Waals surface area contributed by atoms with Gasteiger partial charge in [-0.05, 0) is 30.5 Å². The zero-order valence-electron chi connectivity index (χ0n) is 13.5. The molecule has 3 amide bonds. The minimum Gasteiger partial charge on any atom is -0.452 e. The van der Waals surface area contributed by atoms with E-state index in [0.717, 1.165) is 31.6 Å². The molecule has 1 aromatic carbocycles. The molecule has 7 nitrogen and oxygen atoms in total. The van der Waals surface area contributed by atoms with Gasteiger partial charge in [-0.1, -0.05) is 6.07 Å². The van der Waals surface area contributed by atoms with Gasteiger partial charge in [-0.25, -0.2) is 0 Å². The van der Waals surface area contributed by atoms with Gasteiger partial charge in [-0.2, -0.15) is 0 Å². The Kier molecular flexibility index (Phi) is 4.57. The third-order valence-electron chi connectivity index (χ3n) is 4.62. The summed E-state index contributed by atoms with van der Waals surface area (Å²) in [6, 6.07) is 5.09. The fourth-order valence-electron chi connectivity index (χ4n) is 3.20. The number of likely N-dealkylation sites (N-methyl/N-ethyl adjacent to an activating group) is 1. The Morgan fingerprint density at radius 2 is 2.21 bits per heavy atom. The number of carbonyl (C=O) groups excluding carboxylic acids is 3. The molecule has 0 bridgehead atoms. The Labute approximate surface area is 140 Å². The second kappa shape index (κ2) is 6.64. The fourth-order valence-corrected chi connectivity index (χ4v) is 3.20. The van der Waals surface area contributed by atoms with E-state index in [-0.39, 0.29) is 30.2 Å². The van der Waals surface area contributed by atoms with E-state index in [1.165, 1.54) is 4.90 Å². The number of nitrogens with zero attached hydrogens (tertiary/aromatic N) is 2. The molecule has 1 aromatic rings. The van der Waals surface area contributed by atoms with Crippen molar-refractivity contribution in [2.45, 2.75) is 25.2 Å². The molecule has 0 spiro atoms. The van der Waals surface area contributed by atoms with Crippen LogP contribution in [0.3, 0.4) is 0 Å². The lowest BCUT2D eigenvalue weighted by Crippen LogP contribution is -2.44. The number of fused-ring (bicyclic) bond motifs is 1. The van der Waals surface area contributed by atoms with Crippen LogP contribution in [-0.4, -0.2) is 61.2 Å². The highest BCUT2D eigenvalue weighted by Crippen LogP contribution is 2.28. The van der Waals surface area contributed by atoms with Crippen molar-refractivity contribution in [1.29, 1.82) is 0 Å². The van der Waals surface area contributed by atoms with Gasteiger partial charge in [-0.3, -0.25) is 14.4 Å². The molecule has 2 aliphatic rings. The third-order valence-corrected chi connectivity index (χ3v) is 4.62. The maximum Gasteiger partial charge on any atom is 0.312 e. The summed E-state index contributed by atoms with van der Waals surface area (Å²) in [5.74, 6) is -0.848. The fraction of sp³-hybridized carbons (Fsp3) is 0.438. The normalized spacial score (nSPS) is 19.4. The number of benzene rings is 1. The summed E-state index contributed by atoms with van der Waals surface area (Å²) in [5, 5.41) is 11.7. The van der Waals surface area contributed by atoms with E-state index in [9.17, 15) is 14.4 Å². The number of likely N-dealkylation sites (tertiary alicyclic amines) is 1. The molecular formula is C16H19BN3O4. The molecule has 24 heavy (non-hydrogen) atoms. The van der Waals surface area contributed by atoms with Crippen LogP contribution >= 0.6 is 0 Å². The van der Waals surface area contributed by atoms with Crippen molar-refractivity contribution >= 4 is 30.9 Å². The molecule has 2 aliphatic heterocycles. The zero-order chi connectivity index (χ0) is 17.3. The van der Waals surface area contributed by atoms with Gasteiger partial charge >= 0.3 is 7.48 Å². The van der Waals surface area contributed by atoms with Crippen LogP contribution in [0.2, 0.25) is 0 Å². The van der Waals surface area contributed by atoms with E-state index < -0.39 is 0 Å². The Hall–Kier alpha value is -2.35. The maximum absolute atomic E-state index is 12.3. The second-order valence-corrected chi connectivity index (χ2v) is 6.10. The summed E-state index contributed by atoms with van der Waals surface area (Å²) in [7, 11) is 2.71. The number of hydrogen-bond donors (Lipinski definition) is 2. The van der Waals surface area contributed by atoms with Crippen molar-refractivity contribution in [2.24, 2.45) is 0 Å². The van der Waals surface area contributed by atoms with E-state index >= 15 is 0 Å². The van der Waals surface area contributed by atoms with E-state index in [4.69, 9.17) is 5.02 Å². The Bertz CT molecular complexity index is 694. The lowest BCUT2D eigenvalue weighted by molar-refractivity contribution is -0.129. The highest BCUT2D eigenvalue weighted by molar-refractivity contribution is 6.28. The topological polar surface area (TPSA) is 90.0 Å². The lowest BCUT2D eigenvalue weighted by Gasteiger charge is -2.22. The summed E-state index contributed by atoms with van der Waals surface area (Å²) < 4.78 is 0. The Balaban J connectivity index is 1.62.